The number of hydrogen-bond donors (Lipinski definition) is 0. The van der Waals surface area contributed by atoms with Crippen LogP contribution in [-0.2, 0) is 9.53 Å². The molecule has 0 aliphatic carbocycles. The Morgan fingerprint density at radius 1 is 1.33 bits per heavy atom. The van der Waals surface area contributed by atoms with Gasteiger partial charge in [0.2, 0.25) is 0 Å². The minimum atomic E-state index is -4.91. The highest BCUT2D eigenvalue weighted by molar-refractivity contribution is 6.33. The van der Waals surface area contributed by atoms with Crippen molar-refractivity contribution in [2.24, 2.45) is 0 Å². The average molecular weight is 323 g/mol. The van der Waals surface area contributed by atoms with Gasteiger partial charge in [-0.2, -0.15) is 13.2 Å². The van der Waals surface area contributed by atoms with Crippen molar-refractivity contribution < 1.29 is 22.7 Å². The maximum absolute atomic E-state index is 12.4. The van der Waals surface area contributed by atoms with Crippen molar-refractivity contribution in [3.05, 3.63) is 23.2 Å². The van der Waals surface area contributed by atoms with Gasteiger partial charge in [-0.25, -0.2) is 0 Å². The van der Waals surface area contributed by atoms with E-state index in [0.29, 0.717) is 36.2 Å². The Kier molecular flexibility index (Phi) is 4.63. The molecule has 1 saturated heterocycles. The van der Waals surface area contributed by atoms with Crippen molar-refractivity contribution in [2.45, 2.75) is 6.18 Å². The smallest absolute Gasteiger partial charge is 0.378 e. The second-order valence-corrected chi connectivity index (χ2v) is 5.00. The molecule has 1 aromatic carbocycles. The number of halogens is 4. The molecule has 0 spiro atoms. The molecule has 0 saturated carbocycles. The molecule has 0 atom stereocenters. The lowest BCUT2D eigenvalue weighted by molar-refractivity contribution is -0.170. The van der Waals surface area contributed by atoms with E-state index in [1.807, 2.05) is 4.90 Å². The second-order valence-electron chi connectivity index (χ2n) is 4.60. The first-order valence-corrected chi connectivity index (χ1v) is 6.65. The standard InChI is InChI=1S/C13H14ClF3N2O2/c1-18(12(20)13(15,16)17)9-2-3-11(10(14)8-9)19-4-6-21-7-5-19/h2-3,8H,4-7H2,1H3. The van der Waals surface area contributed by atoms with Crippen molar-refractivity contribution in [3.63, 3.8) is 0 Å². The van der Waals surface area contributed by atoms with Crippen LogP contribution in [-0.4, -0.2) is 45.4 Å². The van der Waals surface area contributed by atoms with Crippen LogP contribution in [0.15, 0.2) is 18.2 Å². The number of alkyl halides is 3. The fourth-order valence-electron chi connectivity index (χ4n) is 2.07. The molecule has 21 heavy (non-hydrogen) atoms. The first kappa shape index (κ1) is 15.9. The molecule has 4 nitrogen and oxygen atoms in total. The largest absolute Gasteiger partial charge is 0.471 e. The van der Waals surface area contributed by atoms with Gasteiger partial charge in [-0.05, 0) is 18.2 Å². The number of morpholine rings is 1. The van der Waals surface area contributed by atoms with E-state index < -0.39 is 12.1 Å². The summed E-state index contributed by atoms with van der Waals surface area (Å²) >= 11 is 6.12. The molecule has 2 rings (SSSR count). The Morgan fingerprint density at radius 2 is 1.95 bits per heavy atom. The molecule has 1 aliphatic rings. The summed E-state index contributed by atoms with van der Waals surface area (Å²) in [5.41, 5.74) is 0.816. The van der Waals surface area contributed by atoms with Crippen molar-refractivity contribution in [1.82, 2.24) is 0 Å². The van der Waals surface area contributed by atoms with Gasteiger partial charge in [0.05, 0.1) is 23.9 Å². The number of ether oxygens (including phenoxy) is 1. The highest BCUT2D eigenvalue weighted by atomic mass is 35.5. The summed E-state index contributed by atoms with van der Waals surface area (Å²) in [6, 6.07) is 4.42. The first-order chi connectivity index (χ1) is 9.80. The normalized spacial score (nSPS) is 16.0. The van der Waals surface area contributed by atoms with Crippen LogP contribution in [0.1, 0.15) is 0 Å². The number of rotatable bonds is 2. The first-order valence-electron chi connectivity index (χ1n) is 6.28. The van der Waals surface area contributed by atoms with Gasteiger partial charge in [0.1, 0.15) is 0 Å². The van der Waals surface area contributed by atoms with Gasteiger partial charge < -0.3 is 14.5 Å². The molecule has 1 amide bonds. The third-order valence-electron chi connectivity index (χ3n) is 3.22. The van der Waals surface area contributed by atoms with Gasteiger partial charge in [-0.1, -0.05) is 11.6 Å². The minimum Gasteiger partial charge on any atom is -0.378 e. The Hall–Kier alpha value is -1.47. The molecule has 116 valence electrons. The number of carbonyl (C=O) groups is 1. The summed E-state index contributed by atoms with van der Waals surface area (Å²) in [6.45, 7) is 2.47. The highest BCUT2D eigenvalue weighted by Gasteiger charge is 2.41. The lowest BCUT2D eigenvalue weighted by Crippen LogP contribution is -2.38. The zero-order valence-electron chi connectivity index (χ0n) is 11.3. The fourth-order valence-corrected chi connectivity index (χ4v) is 2.37. The second kappa shape index (κ2) is 6.11. The van der Waals surface area contributed by atoms with Gasteiger partial charge in [-0.15, -0.1) is 0 Å². The summed E-state index contributed by atoms with van der Waals surface area (Å²) in [5.74, 6) is -1.93. The van der Waals surface area contributed by atoms with Gasteiger partial charge >= 0.3 is 12.1 Å². The van der Waals surface area contributed by atoms with Crippen LogP contribution in [0.3, 0.4) is 0 Å². The Labute approximate surface area is 125 Å². The van der Waals surface area contributed by atoms with Crippen molar-refractivity contribution in [1.29, 1.82) is 0 Å². The van der Waals surface area contributed by atoms with Crippen LogP contribution in [0, 0.1) is 0 Å². The molecular weight excluding hydrogens is 309 g/mol. The van der Waals surface area contributed by atoms with Crippen molar-refractivity contribution in [3.8, 4) is 0 Å². The van der Waals surface area contributed by atoms with Gasteiger partial charge in [-0.3, -0.25) is 4.79 Å². The number of carbonyl (C=O) groups excluding carboxylic acids is 1. The maximum Gasteiger partial charge on any atom is 0.471 e. The fraction of sp³-hybridized carbons (Fsp3) is 0.462. The molecule has 0 N–H and O–H groups in total. The topological polar surface area (TPSA) is 32.8 Å². The van der Waals surface area contributed by atoms with E-state index in [1.165, 1.54) is 12.1 Å². The SMILES string of the molecule is CN(C(=O)C(F)(F)F)c1ccc(N2CCOCC2)c(Cl)c1. The molecule has 1 heterocycles. The predicted molar refractivity (Wildman–Crippen MR) is 73.9 cm³/mol. The molecule has 1 aliphatic heterocycles. The summed E-state index contributed by atoms with van der Waals surface area (Å²) < 4.78 is 42.5. The van der Waals surface area contributed by atoms with E-state index in [2.05, 4.69) is 0 Å². The number of amides is 1. The third-order valence-corrected chi connectivity index (χ3v) is 3.52. The summed E-state index contributed by atoms with van der Waals surface area (Å²) in [4.78, 5) is 13.7. The van der Waals surface area contributed by atoms with Gasteiger partial charge in [0.25, 0.3) is 0 Å². The molecule has 1 fully saturated rings. The lowest BCUT2D eigenvalue weighted by Gasteiger charge is -2.30. The number of hydrogen-bond acceptors (Lipinski definition) is 3. The van der Waals surface area contributed by atoms with E-state index in [-0.39, 0.29) is 5.69 Å². The minimum absolute atomic E-state index is 0.0966. The van der Waals surface area contributed by atoms with Crippen LogP contribution in [0.5, 0.6) is 0 Å². The van der Waals surface area contributed by atoms with Crippen LogP contribution < -0.4 is 9.80 Å². The van der Waals surface area contributed by atoms with E-state index >= 15 is 0 Å². The summed E-state index contributed by atoms with van der Waals surface area (Å²) in [6.07, 6.45) is -4.91. The number of anilines is 2. The van der Waals surface area contributed by atoms with Crippen LogP contribution in [0.25, 0.3) is 0 Å². The Morgan fingerprint density at radius 3 is 2.48 bits per heavy atom. The zero-order valence-corrected chi connectivity index (χ0v) is 12.0. The van der Waals surface area contributed by atoms with E-state index in [4.69, 9.17) is 16.3 Å². The quantitative estimate of drug-likeness (QED) is 0.839. The highest BCUT2D eigenvalue weighted by Crippen LogP contribution is 2.32. The molecular formula is C13H14ClF3N2O2. The van der Waals surface area contributed by atoms with Crippen LogP contribution >= 0.6 is 11.6 Å². The Balaban J connectivity index is 2.20. The third kappa shape index (κ3) is 3.59. The maximum atomic E-state index is 12.4. The number of benzene rings is 1. The number of nitrogens with zero attached hydrogens (tertiary/aromatic N) is 2. The summed E-state index contributed by atoms with van der Waals surface area (Å²) in [7, 11) is 1.07. The lowest BCUT2D eigenvalue weighted by atomic mass is 10.2. The van der Waals surface area contributed by atoms with E-state index in [9.17, 15) is 18.0 Å². The molecule has 0 radical (unpaired) electrons. The molecule has 1 aromatic rings. The summed E-state index contributed by atoms with van der Waals surface area (Å²) in [5, 5.41) is 0.302. The van der Waals surface area contributed by atoms with Crippen LogP contribution in [0.4, 0.5) is 24.5 Å². The zero-order chi connectivity index (χ0) is 15.6. The van der Waals surface area contributed by atoms with Crippen LogP contribution in [0.2, 0.25) is 5.02 Å². The van der Waals surface area contributed by atoms with Gasteiger partial charge in [0.15, 0.2) is 0 Å². The molecule has 0 unspecified atom stereocenters. The predicted octanol–water partition coefficient (Wildman–Crippen LogP) is 2.70. The monoisotopic (exact) mass is 322 g/mol. The van der Waals surface area contributed by atoms with Gasteiger partial charge in [0, 0.05) is 25.8 Å². The Bertz CT molecular complexity index is 531. The van der Waals surface area contributed by atoms with Crippen molar-refractivity contribution in [2.75, 3.05) is 43.2 Å². The molecule has 0 bridgehead atoms. The average Bonchev–Trinajstić information content (AvgIpc) is 2.45. The molecule has 8 heteroatoms. The molecule has 0 aromatic heterocycles. The van der Waals surface area contributed by atoms with Crippen molar-refractivity contribution >= 4 is 28.9 Å². The van der Waals surface area contributed by atoms with E-state index in [0.717, 1.165) is 12.7 Å². The van der Waals surface area contributed by atoms with E-state index in [1.54, 1.807) is 6.07 Å².